The number of carbonyl (C=O) groups excluding carboxylic acids is 1. The summed E-state index contributed by atoms with van der Waals surface area (Å²) in [7, 11) is -3.45. The van der Waals surface area contributed by atoms with Crippen molar-refractivity contribution in [1.82, 2.24) is 0 Å². The number of hydrogen-bond donors (Lipinski definition) is 0. The highest BCUT2D eigenvalue weighted by molar-refractivity contribution is 7.85. The fourth-order valence-electron chi connectivity index (χ4n) is 1.23. The maximum absolute atomic E-state index is 10.8. The molecule has 0 aliphatic rings. The number of rotatable bonds is 6. The maximum atomic E-state index is 10.8. The minimum atomic E-state index is -3.45. The first-order valence-electron chi connectivity index (χ1n) is 4.95. The second-order valence-corrected chi connectivity index (χ2v) is 5.18. The first-order chi connectivity index (χ1) is 7.92. The molecular formula is C11H14O5S. The zero-order valence-corrected chi connectivity index (χ0v) is 10.5. The quantitative estimate of drug-likeness (QED) is 0.435. The summed E-state index contributed by atoms with van der Waals surface area (Å²) in [4.78, 5) is 10.8. The van der Waals surface area contributed by atoms with Crippen molar-refractivity contribution < 1.29 is 22.1 Å². The minimum Gasteiger partial charge on any atom is -0.490 e. The summed E-state index contributed by atoms with van der Waals surface area (Å²) in [6.07, 6.45) is 1.66. The van der Waals surface area contributed by atoms with Crippen LogP contribution in [0.25, 0.3) is 0 Å². The predicted molar refractivity (Wildman–Crippen MR) is 62.9 cm³/mol. The van der Waals surface area contributed by atoms with Crippen molar-refractivity contribution in [3.05, 3.63) is 29.3 Å². The standard InChI is InChI=1S/C11H14O5S/c1-9-3-4-11(10(7-9)8-12)15-5-6-16-17(2,13)14/h3-4,7-8H,5-6H2,1-2H3. The molecule has 0 N–H and O–H groups in total. The summed E-state index contributed by atoms with van der Waals surface area (Å²) in [6, 6.07) is 5.17. The molecule has 0 heterocycles. The highest BCUT2D eigenvalue weighted by Gasteiger charge is 2.05. The van der Waals surface area contributed by atoms with Gasteiger partial charge in [-0.25, -0.2) is 0 Å². The number of benzene rings is 1. The van der Waals surface area contributed by atoms with Crippen LogP contribution in [0.15, 0.2) is 18.2 Å². The molecule has 17 heavy (non-hydrogen) atoms. The fourth-order valence-corrected chi connectivity index (χ4v) is 1.60. The van der Waals surface area contributed by atoms with Gasteiger partial charge in [0.25, 0.3) is 10.1 Å². The number of aldehydes is 1. The summed E-state index contributed by atoms with van der Waals surface area (Å²) in [5.41, 5.74) is 1.39. The highest BCUT2D eigenvalue weighted by atomic mass is 32.2. The average molecular weight is 258 g/mol. The van der Waals surface area contributed by atoms with Crippen LogP contribution in [0, 0.1) is 6.92 Å². The van der Waals surface area contributed by atoms with Gasteiger partial charge < -0.3 is 4.74 Å². The second-order valence-electron chi connectivity index (χ2n) is 3.53. The predicted octanol–water partition coefficient (Wildman–Crippen LogP) is 1.16. The van der Waals surface area contributed by atoms with E-state index in [4.69, 9.17) is 4.74 Å². The molecule has 0 bridgehead atoms. The number of hydrogen-bond acceptors (Lipinski definition) is 5. The molecule has 0 aromatic heterocycles. The van der Waals surface area contributed by atoms with Crippen LogP contribution in [0.3, 0.4) is 0 Å². The number of aryl methyl sites for hydroxylation is 1. The van der Waals surface area contributed by atoms with E-state index < -0.39 is 10.1 Å². The van der Waals surface area contributed by atoms with Crippen LogP contribution in [0.2, 0.25) is 0 Å². The Balaban J connectivity index is 2.55. The van der Waals surface area contributed by atoms with Crippen LogP contribution in [0.5, 0.6) is 5.75 Å². The smallest absolute Gasteiger partial charge is 0.264 e. The Bertz CT molecular complexity index is 493. The van der Waals surface area contributed by atoms with E-state index in [0.717, 1.165) is 11.8 Å². The largest absolute Gasteiger partial charge is 0.490 e. The molecule has 0 saturated heterocycles. The molecule has 6 heteroatoms. The Morgan fingerprint density at radius 2 is 2.00 bits per heavy atom. The van der Waals surface area contributed by atoms with Crippen molar-refractivity contribution in [2.45, 2.75) is 6.92 Å². The molecule has 0 amide bonds. The van der Waals surface area contributed by atoms with Gasteiger partial charge in [0, 0.05) is 0 Å². The van der Waals surface area contributed by atoms with Gasteiger partial charge in [-0.05, 0) is 19.1 Å². The van der Waals surface area contributed by atoms with E-state index in [1.807, 2.05) is 6.92 Å². The zero-order chi connectivity index (χ0) is 12.9. The number of ether oxygens (including phenoxy) is 1. The lowest BCUT2D eigenvalue weighted by Gasteiger charge is -2.08. The van der Waals surface area contributed by atoms with Crippen molar-refractivity contribution in [3.63, 3.8) is 0 Å². The van der Waals surface area contributed by atoms with Crippen molar-refractivity contribution in [1.29, 1.82) is 0 Å². The van der Waals surface area contributed by atoms with Crippen molar-refractivity contribution >= 4 is 16.4 Å². The van der Waals surface area contributed by atoms with Gasteiger partial charge in [-0.1, -0.05) is 11.6 Å². The highest BCUT2D eigenvalue weighted by Crippen LogP contribution is 2.17. The van der Waals surface area contributed by atoms with E-state index in [1.54, 1.807) is 18.2 Å². The van der Waals surface area contributed by atoms with Gasteiger partial charge in [-0.15, -0.1) is 0 Å². The molecule has 0 aliphatic heterocycles. The van der Waals surface area contributed by atoms with Crippen LogP contribution < -0.4 is 4.74 Å². The summed E-state index contributed by atoms with van der Waals surface area (Å²) >= 11 is 0. The molecular weight excluding hydrogens is 244 g/mol. The third-order valence-corrected chi connectivity index (χ3v) is 2.53. The summed E-state index contributed by atoms with van der Waals surface area (Å²) in [5.74, 6) is 0.419. The first-order valence-corrected chi connectivity index (χ1v) is 6.77. The Kier molecular flexibility index (Phi) is 4.65. The molecule has 0 radical (unpaired) electrons. The SMILES string of the molecule is Cc1ccc(OCCOS(C)(=O)=O)c(C=O)c1. The number of carbonyl (C=O) groups is 1. The van der Waals surface area contributed by atoms with E-state index in [0.29, 0.717) is 17.6 Å². The second kappa shape index (κ2) is 5.79. The molecule has 0 saturated carbocycles. The van der Waals surface area contributed by atoms with Crippen molar-refractivity contribution in [2.24, 2.45) is 0 Å². The third kappa shape index (κ3) is 4.97. The van der Waals surface area contributed by atoms with Gasteiger partial charge in [-0.2, -0.15) is 8.42 Å². The normalized spacial score (nSPS) is 11.2. The van der Waals surface area contributed by atoms with Crippen LogP contribution in [-0.2, 0) is 14.3 Å². The summed E-state index contributed by atoms with van der Waals surface area (Å²) < 4.78 is 31.1. The van der Waals surface area contributed by atoms with E-state index in [9.17, 15) is 13.2 Å². The van der Waals surface area contributed by atoms with Crippen LogP contribution in [0.4, 0.5) is 0 Å². The zero-order valence-electron chi connectivity index (χ0n) is 9.67. The Morgan fingerprint density at radius 1 is 1.29 bits per heavy atom. The van der Waals surface area contributed by atoms with Gasteiger partial charge in [-0.3, -0.25) is 8.98 Å². The molecule has 0 unspecified atom stereocenters. The van der Waals surface area contributed by atoms with E-state index in [1.165, 1.54) is 0 Å². The summed E-state index contributed by atoms with van der Waals surface area (Å²) in [5, 5.41) is 0. The maximum Gasteiger partial charge on any atom is 0.264 e. The van der Waals surface area contributed by atoms with Crippen LogP contribution >= 0.6 is 0 Å². The average Bonchev–Trinajstić information content (AvgIpc) is 2.24. The van der Waals surface area contributed by atoms with Gasteiger partial charge in [0.2, 0.25) is 0 Å². The molecule has 5 nitrogen and oxygen atoms in total. The molecule has 0 aliphatic carbocycles. The van der Waals surface area contributed by atoms with E-state index >= 15 is 0 Å². The molecule has 1 aromatic rings. The molecule has 0 spiro atoms. The molecule has 94 valence electrons. The van der Waals surface area contributed by atoms with Gasteiger partial charge in [0.15, 0.2) is 6.29 Å². The monoisotopic (exact) mass is 258 g/mol. The lowest BCUT2D eigenvalue weighted by atomic mass is 10.1. The minimum absolute atomic E-state index is 0.0664. The van der Waals surface area contributed by atoms with Crippen LogP contribution in [-0.4, -0.2) is 34.2 Å². The molecule has 1 rings (SSSR count). The van der Waals surface area contributed by atoms with E-state index in [2.05, 4.69) is 4.18 Å². The van der Waals surface area contributed by atoms with Gasteiger partial charge in [0.05, 0.1) is 11.8 Å². The van der Waals surface area contributed by atoms with Gasteiger partial charge >= 0.3 is 0 Å². The Labute approximate surface area is 100 Å². The Hall–Kier alpha value is -1.40. The van der Waals surface area contributed by atoms with E-state index in [-0.39, 0.29) is 13.2 Å². The van der Waals surface area contributed by atoms with Crippen LogP contribution in [0.1, 0.15) is 15.9 Å². The summed E-state index contributed by atoms with van der Waals surface area (Å²) in [6.45, 7) is 1.85. The third-order valence-electron chi connectivity index (χ3n) is 1.93. The van der Waals surface area contributed by atoms with Crippen molar-refractivity contribution in [2.75, 3.05) is 19.5 Å². The molecule has 1 aromatic carbocycles. The van der Waals surface area contributed by atoms with Gasteiger partial charge in [0.1, 0.15) is 19.0 Å². The lowest BCUT2D eigenvalue weighted by molar-refractivity contribution is 0.111. The first kappa shape index (κ1) is 13.7. The Morgan fingerprint density at radius 3 is 2.59 bits per heavy atom. The molecule has 0 fully saturated rings. The topological polar surface area (TPSA) is 69.7 Å². The molecule has 0 atom stereocenters. The van der Waals surface area contributed by atoms with Crippen molar-refractivity contribution in [3.8, 4) is 5.75 Å². The fraction of sp³-hybridized carbons (Fsp3) is 0.364. The lowest BCUT2D eigenvalue weighted by Crippen LogP contribution is -2.11.